The number of benzene rings is 1. The second-order valence-electron chi connectivity index (χ2n) is 5.95. The second-order valence-corrected chi connectivity index (χ2v) is 5.95. The fraction of sp³-hybridized carbons (Fsp3) is 0.526. The van der Waals surface area contributed by atoms with Crippen LogP contribution in [0.15, 0.2) is 18.2 Å². The van der Waals surface area contributed by atoms with E-state index >= 15 is 0 Å². The highest BCUT2D eigenvalue weighted by Gasteiger charge is 2.26. The number of ether oxygens (including phenoxy) is 2. The molecule has 0 unspecified atom stereocenters. The molecule has 1 aliphatic rings. The molecular weight excluding hydrogens is 322 g/mol. The molecule has 1 aliphatic heterocycles. The Morgan fingerprint density at radius 3 is 2.72 bits per heavy atom. The van der Waals surface area contributed by atoms with Gasteiger partial charge in [0, 0.05) is 18.5 Å². The number of rotatable bonds is 9. The Hall–Kier alpha value is -2.37. The van der Waals surface area contributed by atoms with Gasteiger partial charge in [-0.15, -0.1) is 0 Å². The van der Waals surface area contributed by atoms with Gasteiger partial charge in [-0.2, -0.15) is 0 Å². The molecule has 0 N–H and O–H groups in total. The van der Waals surface area contributed by atoms with Gasteiger partial charge in [-0.25, -0.2) is 0 Å². The minimum atomic E-state index is -0.381. The van der Waals surface area contributed by atoms with Crippen LogP contribution in [-0.2, 0) is 14.3 Å². The standard InChI is InChI=1S/C19H25NO5/c1-3-5-6-11-20-15-12-14(7-9-17(15)25-13-18(20)22)16(21)8-10-19(23)24-4-2/h7,9,12H,3-6,8,10-11,13H2,1-2H3. The summed E-state index contributed by atoms with van der Waals surface area (Å²) in [7, 11) is 0. The van der Waals surface area contributed by atoms with E-state index < -0.39 is 0 Å². The van der Waals surface area contributed by atoms with E-state index in [-0.39, 0.29) is 37.1 Å². The zero-order valence-electron chi connectivity index (χ0n) is 14.9. The monoisotopic (exact) mass is 347 g/mol. The van der Waals surface area contributed by atoms with Crippen molar-refractivity contribution in [2.24, 2.45) is 0 Å². The van der Waals surface area contributed by atoms with Gasteiger partial charge in [0.05, 0.1) is 18.7 Å². The lowest BCUT2D eigenvalue weighted by Crippen LogP contribution is -2.39. The second kappa shape index (κ2) is 9.20. The van der Waals surface area contributed by atoms with Crippen LogP contribution < -0.4 is 9.64 Å². The molecule has 0 bridgehead atoms. The van der Waals surface area contributed by atoms with Crippen LogP contribution in [-0.4, -0.2) is 37.4 Å². The van der Waals surface area contributed by atoms with Crippen LogP contribution in [0.3, 0.4) is 0 Å². The number of ketones is 1. The number of fused-ring (bicyclic) bond motifs is 1. The average Bonchev–Trinajstić information content (AvgIpc) is 2.61. The van der Waals surface area contributed by atoms with Gasteiger partial charge in [0.25, 0.3) is 5.91 Å². The van der Waals surface area contributed by atoms with E-state index in [2.05, 4.69) is 6.92 Å². The normalized spacial score (nSPS) is 13.2. The Morgan fingerprint density at radius 2 is 2.00 bits per heavy atom. The smallest absolute Gasteiger partial charge is 0.306 e. The van der Waals surface area contributed by atoms with Gasteiger partial charge >= 0.3 is 5.97 Å². The van der Waals surface area contributed by atoms with Crippen LogP contribution in [0.1, 0.15) is 56.3 Å². The minimum absolute atomic E-state index is 0.0231. The largest absolute Gasteiger partial charge is 0.482 e. The maximum absolute atomic E-state index is 12.3. The van der Waals surface area contributed by atoms with Crippen molar-refractivity contribution < 1.29 is 23.9 Å². The summed E-state index contributed by atoms with van der Waals surface area (Å²) < 4.78 is 10.3. The molecule has 6 heteroatoms. The third-order valence-corrected chi connectivity index (χ3v) is 4.07. The maximum Gasteiger partial charge on any atom is 0.306 e. The van der Waals surface area contributed by atoms with Gasteiger partial charge in [0.15, 0.2) is 12.4 Å². The third-order valence-electron chi connectivity index (χ3n) is 4.07. The van der Waals surface area contributed by atoms with E-state index in [0.29, 0.717) is 30.2 Å². The number of hydrogen-bond donors (Lipinski definition) is 0. The fourth-order valence-electron chi connectivity index (χ4n) is 2.73. The number of anilines is 1. The Kier molecular flexibility index (Phi) is 6.98. The maximum atomic E-state index is 12.3. The first-order chi connectivity index (χ1) is 12.1. The van der Waals surface area contributed by atoms with Gasteiger partial charge < -0.3 is 14.4 Å². The van der Waals surface area contributed by atoms with E-state index in [1.54, 1.807) is 30.0 Å². The first-order valence-corrected chi connectivity index (χ1v) is 8.82. The van der Waals surface area contributed by atoms with Gasteiger partial charge in [0.2, 0.25) is 0 Å². The SMILES string of the molecule is CCCCCN1C(=O)COc2ccc(C(=O)CCC(=O)OCC)cc21. The van der Waals surface area contributed by atoms with Gasteiger partial charge in [0.1, 0.15) is 5.75 Å². The van der Waals surface area contributed by atoms with Crippen LogP contribution >= 0.6 is 0 Å². The van der Waals surface area contributed by atoms with E-state index in [4.69, 9.17) is 9.47 Å². The first-order valence-electron chi connectivity index (χ1n) is 8.82. The van der Waals surface area contributed by atoms with Gasteiger partial charge in [-0.05, 0) is 31.5 Å². The number of esters is 1. The Balaban J connectivity index is 2.11. The van der Waals surface area contributed by atoms with E-state index in [1.165, 1.54) is 0 Å². The topological polar surface area (TPSA) is 72.9 Å². The van der Waals surface area contributed by atoms with Gasteiger partial charge in [-0.1, -0.05) is 19.8 Å². The number of nitrogens with zero attached hydrogens (tertiary/aromatic N) is 1. The molecule has 1 aromatic carbocycles. The highest BCUT2D eigenvalue weighted by molar-refractivity contribution is 6.02. The number of carbonyl (C=O) groups is 3. The number of Topliss-reactive ketones (excluding diaryl/α,β-unsaturated/α-hetero) is 1. The molecule has 1 amide bonds. The molecule has 6 nitrogen and oxygen atoms in total. The predicted octanol–water partition coefficient (Wildman–Crippen LogP) is 3.13. The zero-order chi connectivity index (χ0) is 18.2. The van der Waals surface area contributed by atoms with E-state index in [1.807, 2.05) is 0 Å². The molecule has 2 rings (SSSR count). The lowest BCUT2D eigenvalue weighted by atomic mass is 10.0. The van der Waals surface area contributed by atoms with Crippen LogP contribution in [0, 0.1) is 0 Å². The van der Waals surface area contributed by atoms with E-state index in [9.17, 15) is 14.4 Å². The number of unbranched alkanes of at least 4 members (excludes halogenated alkanes) is 2. The van der Waals surface area contributed by atoms with Crippen molar-refractivity contribution in [1.82, 2.24) is 0 Å². The average molecular weight is 347 g/mol. The van der Waals surface area contributed by atoms with Crippen molar-refractivity contribution in [2.75, 3.05) is 24.7 Å². The first kappa shape index (κ1) is 19.0. The Bertz CT molecular complexity index is 641. The van der Waals surface area contributed by atoms with Crippen LogP contribution in [0.25, 0.3) is 0 Å². The summed E-state index contributed by atoms with van der Waals surface area (Å²) in [4.78, 5) is 37.6. The highest BCUT2D eigenvalue weighted by atomic mass is 16.5. The molecule has 0 saturated heterocycles. The van der Waals surface area contributed by atoms with Crippen molar-refractivity contribution in [3.8, 4) is 5.75 Å². The van der Waals surface area contributed by atoms with Crippen molar-refractivity contribution in [2.45, 2.75) is 46.0 Å². The van der Waals surface area contributed by atoms with Crippen LogP contribution in [0.4, 0.5) is 5.69 Å². The summed E-state index contributed by atoms with van der Waals surface area (Å²) in [5, 5.41) is 0. The molecule has 0 radical (unpaired) electrons. The lowest BCUT2D eigenvalue weighted by molar-refractivity contribution is -0.143. The molecule has 1 heterocycles. The molecule has 0 saturated carbocycles. The van der Waals surface area contributed by atoms with Crippen molar-refractivity contribution in [3.05, 3.63) is 23.8 Å². The summed E-state index contributed by atoms with van der Waals surface area (Å²) in [6.07, 6.45) is 3.15. The molecule has 25 heavy (non-hydrogen) atoms. The van der Waals surface area contributed by atoms with Crippen LogP contribution in [0.2, 0.25) is 0 Å². The number of amides is 1. The van der Waals surface area contributed by atoms with Crippen molar-refractivity contribution >= 4 is 23.3 Å². The molecule has 0 spiro atoms. The summed E-state index contributed by atoms with van der Waals surface area (Å²) in [5.41, 5.74) is 1.11. The molecule has 136 valence electrons. The van der Waals surface area contributed by atoms with Crippen molar-refractivity contribution in [3.63, 3.8) is 0 Å². The molecule has 0 aromatic heterocycles. The fourth-order valence-corrected chi connectivity index (χ4v) is 2.73. The highest BCUT2D eigenvalue weighted by Crippen LogP contribution is 2.33. The molecule has 0 fully saturated rings. The summed E-state index contributed by atoms with van der Waals surface area (Å²) >= 11 is 0. The Morgan fingerprint density at radius 1 is 1.20 bits per heavy atom. The lowest BCUT2D eigenvalue weighted by Gasteiger charge is -2.29. The van der Waals surface area contributed by atoms with Gasteiger partial charge in [-0.3, -0.25) is 14.4 Å². The van der Waals surface area contributed by atoms with E-state index in [0.717, 1.165) is 19.3 Å². The Labute approximate surface area is 148 Å². The summed E-state index contributed by atoms with van der Waals surface area (Å²) in [6.45, 7) is 4.78. The number of hydrogen-bond acceptors (Lipinski definition) is 5. The summed E-state index contributed by atoms with van der Waals surface area (Å²) in [6, 6.07) is 5.07. The van der Waals surface area contributed by atoms with Crippen LogP contribution in [0.5, 0.6) is 5.75 Å². The third kappa shape index (κ3) is 5.05. The van der Waals surface area contributed by atoms with Crippen molar-refractivity contribution in [1.29, 1.82) is 0 Å². The number of carbonyl (C=O) groups excluding carboxylic acids is 3. The minimum Gasteiger partial charge on any atom is -0.482 e. The quantitative estimate of drug-likeness (QED) is 0.390. The predicted molar refractivity (Wildman–Crippen MR) is 94.0 cm³/mol. The molecule has 0 atom stereocenters. The summed E-state index contributed by atoms with van der Waals surface area (Å²) in [5.74, 6) is -0.0198. The molecule has 1 aromatic rings. The zero-order valence-corrected chi connectivity index (χ0v) is 14.9. The molecule has 0 aliphatic carbocycles. The molecular formula is C19H25NO5.